The molecule has 2 rings (SSSR count). The van der Waals surface area contributed by atoms with E-state index in [1.54, 1.807) is 4.90 Å². The van der Waals surface area contributed by atoms with Gasteiger partial charge in [0.15, 0.2) is 0 Å². The molecule has 1 atom stereocenters. The highest BCUT2D eigenvalue weighted by atomic mass is 16.2. The van der Waals surface area contributed by atoms with Gasteiger partial charge in [-0.05, 0) is 30.0 Å². The first-order valence-corrected chi connectivity index (χ1v) is 5.99. The van der Waals surface area contributed by atoms with Crippen LogP contribution in [0.25, 0.3) is 0 Å². The van der Waals surface area contributed by atoms with E-state index < -0.39 is 0 Å². The predicted octanol–water partition coefficient (Wildman–Crippen LogP) is 2.76. The van der Waals surface area contributed by atoms with Gasteiger partial charge < -0.3 is 10.2 Å². The molecule has 1 aromatic carbocycles. The zero-order valence-electron chi connectivity index (χ0n) is 11.2. The first kappa shape index (κ1) is 12.0. The highest BCUT2D eigenvalue weighted by molar-refractivity contribution is 6.04. The highest BCUT2D eigenvalue weighted by Gasteiger charge is 2.27. The smallest absolute Gasteiger partial charge is 0.248 e. The number of hydrogen-bond donors (Lipinski definition) is 1. The van der Waals surface area contributed by atoms with Gasteiger partial charge in [0.25, 0.3) is 0 Å². The maximum absolute atomic E-state index is 11.9. The van der Waals surface area contributed by atoms with Crippen molar-refractivity contribution in [2.24, 2.45) is 0 Å². The fourth-order valence-electron chi connectivity index (χ4n) is 2.10. The number of carbonyl (C=O) groups is 1. The SMILES string of the molecule is CC1Nc2ccc(C(C)(C)C)cc2N(C)C1=O. The fourth-order valence-corrected chi connectivity index (χ4v) is 2.10. The van der Waals surface area contributed by atoms with Crippen LogP contribution in [0.15, 0.2) is 18.2 Å². The number of anilines is 2. The van der Waals surface area contributed by atoms with Crippen LogP contribution in [-0.2, 0) is 10.2 Å². The summed E-state index contributed by atoms with van der Waals surface area (Å²) in [7, 11) is 1.84. The Kier molecular flexibility index (Phi) is 2.64. The molecule has 0 saturated heterocycles. The molecule has 1 aliphatic heterocycles. The Bertz CT molecular complexity index is 460. The molecule has 3 nitrogen and oxygen atoms in total. The van der Waals surface area contributed by atoms with Gasteiger partial charge in [-0.25, -0.2) is 0 Å². The largest absolute Gasteiger partial charge is 0.372 e. The van der Waals surface area contributed by atoms with E-state index in [0.29, 0.717) is 0 Å². The molecule has 0 saturated carbocycles. The lowest BCUT2D eigenvalue weighted by Crippen LogP contribution is -2.43. The number of nitrogens with zero attached hydrogens (tertiary/aromatic N) is 1. The van der Waals surface area contributed by atoms with Gasteiger partial charge in [-0.1, -0.05) is 26.8 Å². The molecular weight excluding hydrogens is 212 g/mol. The summed E-state index contributed by atoms with van der Waals surface area (Å²) in [6, 6.07) is 6.15. The summed E-state index contributed by atoms with van der Waals surface area (Å²) < 4.78 is 0. The van der Waals surface area contributed by atoms with Crippen LogP contribution in [0.3, 0.4) is 0 Å². The van der Waals surface area contributed by atoms with Gasteiger partial charge in [-0.2, -0.15) is 0 Å². The Morgan fingerprint density at radius 1 is 1.29 bits per heavy atom. The van der Waals surface area contributed by atoms with Gasteiger partial charge in [0.2, 0.25) is 5.91 Å². The average Bonchev–Trinajstić information content (AvgIpc) is 2.24. The van der Waals surface area contributed by atoms with E-state index in [-0.39, 0.29) is 17.4 Å². The quantitative estimate of drug-likeness (QED) is 0.746. The van der Waals surface area contributed by atoms with Crippen molar-refractivity contribution >= 4 is 17.3 Å². The summed E-state index contributed by atoms with van der Waals surface area (Å²) in [5, 5.41) is 3.23. The normalized spacial score (nSPS) is 19.9. The first-order chi connectivity index (χ1) is 7.80. The summed E-state index contributed by atoms with van der Waals surface area (Å²) in [6.45, 7) is 8.42. The maximum atomic E-state index is 11.9. The van der Waals surface area contributed by atoms with Gasteiger partial charge in [-0.3, -0.25) is 4.79 Å². The van der Waals surface area contributed by atoms with E-state index in [0.717, 1.165) is 11.4 Å². The maximum Gasteiger partial charge on any atom is 0.248 e. The van der Waals surface area contributed by atoms with E-state index in [4.69, 9.17) is 0 Å². The molecule has 1 aromatic rings. The van der Waals surface area contributed by atoms with Crippen molar-refractivity contribution in [3.63, 3.8) is 0 Å². The second-order valence-electron chi connectivity index (χ2n) is 5.75. The number of likely N-dealkylation sites (N-methyl/N-ethyl adjacent to an activating group) is 1. The molecule has 0 bridgehead atoms. The number of fused-ring (bicyclic) bond motifs is 1. The monoisotopic (exact) mass is 232 g/mol. The number of rotatable bonds is 0. The topological polar surface area (TPSA) is 32.3 Å². The molecule has 0 fully saturated rings. The summed E-state index contributed by atoms with van der Waals surface area (Å²) in [4.78, 5) is 13.7. The van der Waals surface area contributed by atoms with E-state index in [2.05, 4.69) is 44.3 Å². The van der Waals surface area contributed by atoms with Gasteiger partial charge in [0.05, 0.1) is 11.4 Å². The van der Waals surface area contributed by atoms with Crippen LogP contribution >= 0.6 is 0 Å². The van der Waals surface area contributed by atoms with Crippen molar-refractivity contribution in [3.8, 4) is 0 Å². The van der Waals surface area contributed by atoms with E-state index in [1.165, 1.54) is 5.56 Å². The summed E-state index contributed by atoms with van der Waals surface area (Å²) in [5.74, 6) is 0.114. The molecular formula is C14H20N2O. The average molecular weight is 232 g/mol. The number of amides is 1. The van der Waals surface area contributed by atoms with Crippen molar-refractivity contribution < 1.29 is 4.79 Å². The zero-order valence-corrected chi connectivity index (χ0v) is 11.2. The van der Waals surface area contributed by atoms with Crippen LogP contribution < -0.4 is 10.2 Å². The Morgan fingerprint density at radius 3 is 2.53 bits per heavy atom. The number of benzene rings is 1. The second-order valence-corrected chi connectivity index (χ2v) is 5.75. The number of hydrogen-bond acceptors (Lipinski definition) is 2. The van der Waals surface area contributed by atoms with Crippen molar-refractivity contribution in [1.82, 2.24) is 0 Å². The molecule has 1 aliphatic rings. The third-order valence-corrected chi connectivity index (χ3v) is 3.30. The summed E-state index contributed by atoms with van der Waals surface area (Å²) in [6.07, 6.45) is 0. The molecule has 0 spiro atoms. The Labute approximate surface area is 103 Å². The summed E-state index contributed by atoms with van der Waals surface area (Å²) >= 11 is 0. The molecule has 0 aromatic heterocycles. The highest BCUT2D eigenvalue weighted by Crippen LogP contribution is 2.34. The molecule has 92 valence electrons. The van der Waals surface area contributed by atoms with Crippen LogP contribution in [0.5, 0.6) is 0 Å². The summed E-state index contributed by atoms with van der Waals surface area (Å²) in [5.41, 5.74) is 3.35. The van der Waals surface area contributed by atoms with Crippen molar-refractivity contribution in [2.45, 2.75) is 39.2 Å². The van der Waals surface area contributed by atoms with E-state index >= 15 is 0 Å². The molecule has 17 heavy (non-hydrogen) atoms. The van der Waals surface area contributed by atoms with E-state index in [9.17, 15) is 4.79 Å². The minimum atomic E-state index is -0.145. The third-order valence-electron chi connectivity index (χ3n) is 3.30. The van der Waals surface area contributed by atoms with Gasteiger partial charge in [-0.15, -0.1) is 0 Å². The minimum Gasteiger partial charge on any atom is -0.372 e. The Hall–Kier alpha value is -1.51. The third kappa shape index (κ3) is 2.02. The van der Waals surface area contributed by atoms with Crippen molar-refractivity contribution in [3.05, 3.63) is 23.8 Å². The fraction of sp³-hybridized carbons (Fsp3) is 0.500. The Balaban J connectivity index is 2.49. The Morgan fingerprint density at radius 2 is 1.94 bits per heavy atom. The molecule has 1 unspecified atom stereocenters. The predicted molar refractivity (Wildman–Crippen MR) is 71.6 cm³/mol. The van der Waals surface area contributed by atoms with Crippen LogP contribution in [0.4, 0.5) is 11.4 Å². The minimum absolute atomic E-state index is 0.0992. The van der Waals surface area contributed by atoms with Crippen molar-refractivity contribution in [2.75, 3.05) is 17.3 Å². The lowest BCUT2D eigenvalue weighted by atomic mass is 9.86. The second kappa shape index (κ2) is 3.76. The molecule has 0 aliphatic carbocycles. The first-order valence-electron chi connectivity index (χ1n) is 5.99. The van der Waals surface area contributed by atoms with Crippen molar-refractivity contribution in [1.29, 1.82) is 0 Å². The van der Waals surface area contributed by atoms with Gasteiger partial charge in [0, 0.05) is 7.05 Å². The van der Waals surface area contributed by atoms with Crippen LogP contribution in [-0.4, -0.2) is 19.0 Å². The standard InChI is InChI=1S/C14H20N2O/c1-9-13(17)16(5)12-8-10(14(2,3)4)6-7-11(12)15-9/h6-9,15H,1-5H3. The lowest BCUT2D eigenvalue weighted by molar-refractivity contribution is -0.118. The number of carbonyl (C=O) groups excluding carboxylic acids is 1. The lowest BCUT2D eigenvalue weighted by Gasteiger charge is -2.32. The molecule has 0 radical (unpaired) electrons. The van der Waals surface area contributed by atoms with Crippen LogP contribution in [0, 0.1) is 0 Å². The molecule has 3 heteroatoms. The molecule has 1 N–H and O–H groups in total. The van der Waals surface area contributed by atoms with Crippen LogP contribution in [0.2, 0.25) is 0 Å². The molecule has 1 amide bonds. The van der Waals surface area contributed by atoms with Crippen LogP contribution in [0.1, 0.15) is 33.3 Å². The zero-order chi connectivity index (χ0) is 12.8. The molecule has 1 heterocycles. The number of nitrogens with one attached hydrogen (secondary N) is 1. The van der Waals surface area contributed by atoms with Gasteiger partial charge in [0.1, 0.15) is 6.04 Å². The van der Waals surface area contributed by atoms with Gasteiger partial charge >= 0.3 is 0 Å². The van der Waals surface area contributed by atoms with E-state index in [1.807, 2.05) is 14.0 Å².